The van der Waals surface area contributed by atoms with E-state index < -0.39 is 10.2 Å². The highest BCUT2D eigenvalue weighted by Gasteiger charge is 2.28. The van der Waals surface area contributed by atoms with Gasteiger partial charge in [-0.15, -0.1) is 0 Å². The minimum absolute atomic E-state index is 0.251. The Morgan fingerprint density at radius 3 is 2.63 bits per heavy atom. The number of carbonyl (C=O) groups is 1. The lowest BCUT2D eigenvalue weighted by molar-refractivity contribution is -0.134. The first-order valence-electron chi connectivity index (χ1n) is 13.7. The van der Waals surface area contributed by atoms with E-state index in [1.54, 1.807) is 6.08 Å². The Morgan fingerprint density at radius 1 is 1.10 bits per heavy atom. The second-order valence-electron chi connectivity index (χ2n) is 10.5. The fraction of sp³-hybridized carbons (Fsp3) is 0.281. The van der Waals surface area contributed by atoms with Crippen LogP contribution in [-0.4, -0.2) is 56.3 Å². The molecule has 0 spiro atoms. The van der Waals surface area contributed by atoms with E-state index in [-0.39, 0.29) is 12.0 Å². The highest BCUT2D eigenvalue weighted by Crippen LogP contribution is 2.37. The van der Waals surface area contributed by atoms with Gasteiger partial charge in [-0.1, -0.05) is 48.5 Å². The number of carbonyl (C=O) groups excluding carboxylic acids is 1. The van der Waals surface area contributed by atoms with Gasteiger partial charge in [-0.25, -0.2) is 4.79 Å². The summed E-state index contributed by atoms with van der Waals surface area (Å²) in [5, 5.41) is 1.25. The van der Waals surface area contributed by atoms with Crippen molar-refractivity contribution < 1.29 is 17.9 Å². The van der Waals surface area contributed by atoms with Crippen LogP contribution in [0.1, 0.15) is 40.3 Å². The molecule has 41 heavy (non-hydrogen) atoms. The number of nitrogens with one attached hydrogen (secondary N) is 2. The predicted octanol–water partition coefficient (Wildman–Crippen LogP) is 5.30. The van der Waals surface area contributed by atoms with Gasteiger partial charge in [-0.2, -0.15) is 12.7 Å². The summed E-state index contributed by atoms with van der Waals surface area (Å²) in [6, 6.07) is 22.6. The molecule has 0 aliphatic heterocycles. The Balaban J connectivity index is 1.38. The summed E-state index contributed by atoms with van der Waals surface area (Å²) in [4.78, 5) is 17.5. The molecular weight excluding hydrogens is 536 g/mol. The third-order valence-corrected chi connectivity index (χ3v) is 9.13. The number of hydrogen-bond donors (Lipinski definition) is 2. The van der Waals surface area contributed by atoms with Gasteiger partial charge < -0.3 is 9.72 Å². The van der Waals surface area contributed by atoms with Crippen LogP contribution < -0.4 is 4.72 Å². The number of rotatable bonds is 11. The maximum absolute atomic E-state index is 12.2. The standard InChI is InChI=1S/C32H36N4O4S/c1-35(2)41(38,39)34-27-13-8-24(9-14-27)22-36(19-18-26-21-33-30-7-5-4-6-28(26)30)31-16-12-25-20-23(10-15-29(25)31)11-17-32(37)40-3/h4-11,13-15,17,20-21,31,33-34H,12,16,18-19,22H2,1-3H3. The number of para-hydroxylation sites is 1. The molecule has 0 amide bonds. The third-order valence-electron chi connectivity index (χ3n) is 7.68. The van der Waals surface area contributed by atoms with Crippen LogP contribution >= 0.6 is 0 Å². The summed E-state index contributed by atoms with van der Waals surface area (Å²) in [5.41, 5.74) is 7.68. The largest absolute Gasteiger partial charge is 0.466 e. The van der Waals surface area contributed by atoms with Crippen molar-refractivity contribution in [2.45, 2.75) is 31.8 Å². The number of aromatic nitrogens is 1. The summed E-state index contributed by atoms with van der Waals surface area (Å²) in [6.07, 6.45) is 8.22. The fourth-order valence-corrected chi connectivity index (χ4v) is 6.05. The van der Waals surface area contributed by atoms with Gasteiger partial charge in [0.15, 0.2) is 0 Å². The number of methoxy groups -OCH3 is 1. The van der Waals surface area contributed by atoms with Gasteiger partial charge in [0, 0.05) is 62.1 Å². The molecule has 1 atom stereocenters. The molecule has 5 rings (SSSR count). The lowest BCUT2D eigenvalue weighted by atomic mass is 10.0. The highest BCUT2D eigenvalue weighted by atomic mass is 32.2. The molecule has 1 aliphatic carbocycles. The fourth-order valence-electron chi connectivity index (χ4n) is 5.43. The zero-order valence-electron chi connectivity index (χ0n) is 23.6. The van der Waals surface area contributed by atoms with Crippen LogP contribution in [0.25, 0.3) is 17.0 Å². The minimum atomic E-state index is -3.56. The van der Waals surface area contributed by atoms with Crippen molar-refractivity contribution in [3.63, 3.8) is 0 Å². The number of aromatic amines is 1. The topological polar surface area (TPSA) is 94.7 Å². The molecule has 0 saturated carbocycles. The molecule has 4 aromatic rings. The van der Waals surface area contributed by atoms with Crippen molar-refractivity contribution in [2.24, 2.45) is 0 Å². The number of aryl methyl sites for hydroxylation is 1. The molecule has 3 aromatic carbocycles. The molecule has 214 valence electrons. The summed E-state index contributed by atoms with van der Waals surface area (Å²) < 4.78 is 32.9. The Kier molecular flexibility index (Phi) is 8.58. The van der Waals surface area contributed by atoms with E-state index >= 15 is 0 Å². The predicted molar refractivity (Wildman–Crippen MR) is 164 cm³/mol. The van der Waals surface area contributed by atoms with Gasteiger partial charge >= 0.3 is 16.2 Å². The first kappa shape index (κ1) is 28.6. The minimum Gasteiger partial charge on any atom is -0.466 e. The molecule has 1 aromatic heterocycles. The molecule has 1 heterocycles. The summed E-state index contributed by atoms with van der Waals surface area (Å²) >= 11 is 0. The molecule has 1 unspecified atom stereocenters. The molecule has 9 heteroatoms. The average Bonchev–Trinajstić information content (AvgIpc) is 3.58. The monoisotopic (exact) mass is 572 g/mol. The second kappa shape index (κ2) is 12.3. The summed E-state index contributed by atoms with van der Waals surface area (Å²) in [5.74, 6) is -0.368. The van der Waals surface area contributed by atoms with Crippen LogP contribution in [0.5, 0.6) is 0 Å². The highest BCUT2D eigenvalue weighted by molar-refractivity contribution is 7.90. The van der Waals surface area contributed by atoms with Crippen LogP contribution in [0.2, 0.25) is 0 Å². The Hall–Kier alpha value is -3.92. The maximum Gasteiger partial charge on any atom is 0.330 e. The van der Waals surface area contributed by atoms with Gasteiger partial charge in [0.1, 0.15) is 0 Å². The second-order valence-corrected chi connectivity index (χ2v) is 12.4. The van der Waals surface area contributed by atoms with Gasteiger partial charge in [-0.3, -0.25) is 9.62 Å². The first-order chi connectivity index (χ1) is 19.7. The Labute approximate surface area is 241 Å². The first-order valence-corrected chi connectivity index (χ1v) is 15.1. The smallest absolute Gasteiger partial charge is 0.330 e. The zero-order valence-corrected chi connectivity index (χ0v) is 24.4. The zero-order chi connectivity index (χ0) is 29.0. The number of H-pyrrole nitrogens is 1. The van der Waals surface area contributed by atoms with Crippen LogP contribution in [0.15, 0.2) is 79.0 Å². The van der Waals surface area contributed by atoms with Crippen molar-refractivity contribution in [3.05, 3.63) is 107 Å². The summed E-state index contributed by atoms with van der Waals surface area (Å²) in [7, 11) is 0.816. The van der Waals surface area contributed by atoms with E-state index in [0.29, 0.717) is 5.69 Å². The molecule has 1 aliphatic rings. The summed E-state index contributed by atoms with van der Waals surface area (Å²) in [6.45, 7) is 1.60. The van der Waals surface area contributed by atoms with Gasteiger partial charge in [0.2, 0.25) is 0 Å². The van der Waals surface area contributed by atoms with Crippen molar-refractivity contribution in [2.75, 3.05) is 32.5 Å². The van der Waals surface area contributed by atoms with E-state index in [9.17, 15) is 13.2 Å². The molecule has 0 bridgehead atoms. The number of nitrogens with zero attached hydrogens (tertiary/aromatic N) is 2. The lowest BCUT2D eigenvalue weighted by Gasteiger charge is -2.30. The Morgan fingerprint density at radius 2 is 1.88 bits per heavy atom. The Bertz CT molecular complexity index is 1660. The number of esters is 1. The average molecular weight is 573 g/mol. The van der Waals surface area contributed by atoms with Crippen molar-refractivity contribution in [1.82, 2.24) is 14.2 Å². The van der Waals surface area contributed by atoms with Crippen LogP contribution in [-0.2, 0) is 39.1 Å². The molecule has 0 saturated heterocycles. The normalized spacial score (nSPS) is 15.2. The molecule has 0 fully saturated rings. The van der Waals surface area contributed by atoms with Gasteiger partial charge in [-0.05, 0) is 71.4 Å². The van der Waals surface area contributed by atoms with Crippen LogP contribution in [0, 0.1) is 0 Å². The maximum atomic E-state index is 12.2. The van der Waals surface area contributed by atoms with Crippen LogP contribution in [0.3, 0.4) is 0 Å². The molecule has 2 N–H and O–H groups in total. The SMILES string of the molecule is COC(=O)C=Cc1ccc2c(c1)CCC2N(CCc1c[nH]c2ccccc12)Cc1ccc(NS(=O)(=O)N(C)C)cc1. The van der Waals surface area contributed by atoms with E-state index in [1.165, 1.54) is 49.4 Å². The van der Waals surface area contributed by atoms with Gasteiger partial charge in [0.05, 0.1) is 7.11 Å². The van der Waals surface area contributed by atoms with E-state index in [1.807, 2.05) is 30.3 Å². The van der Waals surface area contributed by atoms with Crippen molar-refractivity contribution in [1.29, 1.82) is 0 Å². The number of hydrogen-bond acceptors (Lipinski definition) is 5. The number of benzene rings is 3. The van der Waals surface area contributed by atoms with E-state index in [2.05, 4.69) is 57.2 Å². The number of anilines is 1. The van der Waals surface area contributed by atoms with Crippen molar-refractivity contribution in [3.8, 4) is 0 Å². The molecule has 0 radical (unpaired) electrons. The van der Waals surface area contributed by atoms with Crippen LogP contribution in [0.4, 0.5) is 5.69 Å². The lowest BCUT2D eigenvalue weighted by Crippen LogP contribution is -2.30. The number of ether oxygens (including phenoxy) is 1. The third kappa shape index (κ3) is 6.70. The molecule has 8 nitrogen and oxygen atoms in total. The number of fused-ring (bicyclic) bond motifs is 2. The van der Waals surface area contributed by atoms with E-state index in [4.69, 9.17) is 4.74 Å². The quantitative estimate of drug-likeness (QED) is 0.188. The van der Waals surface area contributed by atoms with E-state index in [0.717, 1.165) is 53.3 Å². The van der Waals surface area contributed by atoms with Gasteiger partial charge in [0.25, 0.3) is 0 Å². The van der Waals surface area contributed by atoms with Crippen molar-refractivity contribution >= 4 is 38.8 Å². The molecular formula is C32H36N4O4S.